The Labute approximate surface area is 167 Å². The summed E-state index contributed by atoms with van der Waals surface area (Å²) in [5.74, 6) is 1.34. The second-order valence-corrected chi connectivity index (χ2v) is 8.43. The van der Waals surface area contributed by atoms with Crippen molar-refractivity contribution in [3.63, 3.8) is 0 Å². The van der Waals surface area contributed by atoms with Crippen LogP contribution < -0.4 is 15.6 Å². The molecule has 1 N–H and O–H groups in total. The fourth-order valence-electron chi connectivity index (χ4n) is 2.38. The summed E-state index contributed by atoms with van der Waals surface area (Å²) in [4.78, 5) is 17.2. The third kappa shape index (κ3) is 4.12. The molecule has 7 nitrogen and oxygen atoms in total. The summed E-state index contributed by atoms with van der Waals surface area (Å²) in [5, 5.41) is 14.2. The zero-order chi connectivity index (χ0) is 18.6. The minimum atomic E-state index is -0.0657. The summed E-state index contributed by atoms with van der Waals surface area (Å²) in [5.41, 5.74) is 1.52. The van der Waals surface area contributed by atoms with Crippen molar-refractivity contribution in [2.24, 2.45) is 0 Å². The lowest BCUT2D eigenvalue weighted by Crippen LogP contribution is -2.12. The van der Waals surface area contributed by atoms with Gasteiger partial charge < -0.3 is 10.1 Å². The van der Waals surface area contributed by atoms with Crippen LogP contribution in [0.5, 0.6) is 5.75 Å². The Balaban J connectivity index is 1.44. The van der Waals surface area contributed by atoms with Crippen LogP contribution >= 0.6 is 34.4 Å². The molecular weight excluding hydrogens is 402 g/mol. The lowest BCUT2D eigenvalue weighted by atomic mass is 10.3. The Hall–Kier alpha value is -2.43. The van der Waals surface area contributed by atoms with Gasteiger partial charge in [0, 0.05) is 23.4 Å². The Morgan fingerprint density at radius 1 is 1.30 bits per heavy atom. The maximum absolute atomic E-state index is 12.0. The van der Waals surface area contributed by atoms with Crippen LogP contribution in [0.25, 0.3) is 4.96 Å². The highest BCUT2D eigenvalue weighted by molar-refractivity contribution is 8.00. The molecule has 27 heavy (non-hydrogen) atoms. The van der Waals surface area contributed by atoms with Gasteiger partial charge in [0.05, 0.1) is 18.0 Å². The van der Waals surface area contributed by atoms with Gasteiger partial charge in [-0.25, -0.2) is 4.98 Å². The standard InChI is InChI=1S/C17H15N5O2S3/c1-2-24-13-6-4-3-5-12(13)19-15-20-21-17(27-15)26-10-11-9-14(23)22-7-8-25-16(22)18-11/h3-9H,2,10H2,1H3,(H,19,20). The average molecular weight is 418 g/mol. The first kappa shape index (κ1) is 18.0. The van der Waals surface area contributed by atoms with E-state index in [0.717, 1.165) is 21.5 Å². The predicted molar refractivity (Wildman–Crippen MR) is 110 cm³/mol. The fourth-order valence-corrected chi connectivity index (χ4v) is 4.78. The van der Waals surface area contributed by atoms with Gasteiger partial charge in [0.15, 0.2) is 9.30 Å². The van der Waals surface area contributed by atoms with Gasteiger partial charge in [0.25, 0.3) is 5.56 Å². The lowest BCUT2D eigenvalue weighted by Gasteiger charge is -2.09. The van der Waals surface area contributed by atoms with E-state index in [0.29, 0.717) is 22.5 Å². The van der Waals surface area contributed by atoms with Gasteiger partial charge in [0.2, 0.25) is 5.13 Å². The average Bonchev–Trinajstić information content (AvgIpc) is 3.31. The number of nitrogens with one attached hydrogen (secondary N) is 1. The highest BCUT2D eigenvalue weighted by atomic mass is 32.2. The Kier molecular flexibility index (Phi) is 5.37. The Morgan fingerprint density at radius 2 is 2.19 bits per heavy atom. The van der Waals surface area contributed by atoms with Crippen LogP contribution in [-0.4, -0.2) is 26.2 Å². The van der Waals surface area contributed by atoms with E-state index in [2.05, 4.69) is 20.5 Å². The number of ether oxygens (including phenoxy) is 1. The normalized spacial score (nSPS) is 11.0. The molecule has 1 aromatic carbocycles. The van der Waals surface area contributed by atoms with Gasteiger partial charge in [-0.05, 0) is 19.1 Å². The molecule has 0 saturated heterocycles. The summed E-state index contributed by atoms with van der Waals surface area (Å²) in [6, 6.07) is 9.27. The van der Waals surface area contributed by atoms with Crippen molar-refractivity contribution in [3.8, 4) is 5.75 Å². The predicted octanol–water partition coefficient (Wildman–Crippen LogP) is 4.04. The van der Waals surface area contributed by atoms with E-state index < -0.39 is 0 Å². The van der Waals surface area contributed by atoms with Gasteiger partial charge in [-0.2, -0.15) is 0 Å². The number of thiazole rings is 1. The van der Waals surface area contributed by atoms with E-state index in [9.17, 15) is 4.79 Å². The molecular formula is C17H15N5O2S3. The molecule has 0 aliphatic carbocycles. The van der Waals surface area contributed by atoms with E-state index in [1.807, 2.05) is 36.6 Å². The molecule has 0 aliphatic heterocycles. The third-order valence-corrected chi connectivity index (χ3v) is 6.30. The molecule has 0 fully saturated rings. The lowest BCUT2D eigenvalue weighted by molar-refractivity contribution is 0.342. The van der Waals surface area contributed by atoms with Gasteiger partial charge in [-0.15, -0.1) is 21.5 Å². The third-order valence-electron chi connectivity index (χ3n) is 3.53. The number of nitrogens with zero attached hydrogens (tertiary/aromatic N) is 4. The van der Waals surface area contributed by atoms with E-state index in [1.54, 1.807) is 16.7 Å². The molecule has 0 amide bonds. The molecule has 3 aromatic heterocycles. The number of thioether (sulfide) groups is 1. The van der Waals surface area contributed by atoms with Crippen molar-refractivity contribution in [2.75, 3.05) is 11.9 Å². The summed E-state index contributed by atoms with van der Waals surface area (Å²) >= 11 is 4.40. The van der Waals surface area contributed by atoms with Crippen LogP contribution in [0.4, 0.5) is 10.8 Å². The monoisotopic (exact) mass is 417 g/mol. The number of anilines is 2. The highest BCUT2D eigenvalue weighted by Crippen LogP contribution is 2.32. The van der Waals surface area contributed by atoms with Gasteiger partial charge >= 0.3 is 0 Å². The summed E-state index contributed by atoms with van der Waals surface area (Å²) < 4.78 is 7.96. The molecule has 3 heterocycles. The molecule has 0 saturated carbocycles. The van der Waals surface area contributed by atoms with Crippen LogP contribution in [0.3, 0.4) is 0 Å². The van der Waals surface area contributed by atoms with Crippen LogP contribution in [0, 0.1) is 0 Å². The molecule has 0 aliphatic rings. The molecule has 4 rings (SSSR count). The van der Waals surface area contributed by atoms with Crippen molar-refractivity contribution in [2.45, 2.75) is 17.0 Å². The SMILES string of the molecule is CCOc1ccccc1Nc1nnc(SCc2cc(=O)n3ccsc3n2)s1. The van der Waals surface area contributed by atoms with Gasteiger partial charge in [-0.1, -0.05) is 35.2 Å². The second-order valence-electron chi connectivity index (χ2n) is 5.36. The number of rotatable bonds is 7. The number of benzene rings is 1. The van der Waals surface area contributed by atoms with Gasteiger partial charge in [-0.3, -0.25) is 9.20 Å². The van der Waals surface area contributed by atoms with Crippen LogP contribution in [-0.2, 0) is 5.75 Å². The first-order valence-corrected chi connectivity index (χ1v) is 10.8. The molecule has 0 atom stereocenters. The zero-order valence-corrected chi connectivity index (χ0v) is 16.7. The number of fused-ring (bicyclic) bond motifs is 1. The first-order chi connectivity index (χ1) is 13.2. The minimum Gasteiger partial charge on any atom is -0.492 e. The van der Waals surface area contributed by atoms with Crippen LogP contribution in [0.2, 0.25) is 0 Å². The van der Waals surface area contributed by atoms with E-state index in [-0.39, 0.29) is 5.56 Å². The molecule has 10 heteroatoms. The Bertz CT molecular complexity index is 1120. The van der Waals surface area contributed by atoms with E-state index >= 15 is 0 Å². The molecule has 138 valence electrons. The quantitative estimate of drug-likeness (QED) is 0.454. The Morgan fingerprint density at radius 3 is 3.07 bits per heavy atom. The minimum absolute atomic E-state index is 0.0657. The van der Waals surface area contributed by atoms with Crippen molar-refractivity contribution in [3.05, 3.63) is 58.0 Å². The van der Waals surface area contributed by atoms with E-state index in [1.165, 1.54) is 34.4 Å². The van der Waals surface area contributed by atoms with Crippen molar-refractivity contribution in [1.82, 2.24) is 19.6 Å². The van der Waals surface area contributed by atoms with Crippen molar-refractivity contribution in [1.29, 1.82) is 0 Å². The van der Waals surface area contributed by atoms with Crippen molar-refractivity contribution >= 4 is 50.2 Å². The maximum atomic E-state index is 12.0. The summed E-state index contributed by atoms with van der Waals surface area (Å²) in [6.45, 7) is 2.54. The number of hydrogen-bond acceptors (Lipinski definition) is 9. The maximum Gasteiger partial charge on any atom is 0.258 e. The van der Waals surface area contributed by atoms with Crippen LogP contribution in [0.15, 0.2) is 51.0 Å². The summed E-state index contributed by atoms with van der Waals surface area (Å²) in [6.07, 6.45) is 1.73. The fraction of sp³-hybridized carbons (Fsp3) is 0.176. The smallest absolute Gasteiger partial charge is 0.258 e. The first-order valence-electron chi connectivity index (χ1n) is 8.14. The second kappa shape index (κ2) is 8.07. The highest BCUT2D eigenvalue weighted by Gasteiger charge is 2.10. The van der Waals surface area contributed by atoms with E-state index in [4.69, 9.17) is 4.74 Å². The molecule has 0 unspecified atom stereocenters. The molecule has 0 spiro atoms. The van der Waals surface area contributed by atoms with Crippen LogP contribution in [0.1, 0.15) is 12.6 Å². The molecule has 0 bridgehead atoms. The molecule has 4 aromatic rings. The largest absolute Gasteiger partial charge is 0.492 e. The summed E-state index contributed by atoms with van der Waals surface area (Å²) in [7, 11) is 0. The van der Waals surface area contributed by atoms with Gasteiger partial charge in [0.1, 0.15) is 5.75 Å². The van der Waals surface area contributed by atoms with Crippen molar-refractivity contribution < 1.29 is 4.74 Å². The topological polar surface area (TPSA) is 81.4 Å². The zero-order valence-electron chi connectivity index (χ0n) is 14.3. The molecule has 0 radical (unpaired) electrons. The number of hydrogen-bond donors (Lipinski definition) is 1. The number of para-hydroxylation sites is 2. The number of aromatic nitrogens is 4.